The van der Waals surface area contributed by atoms with Crippen LogP contribution in [-0.2, 0) is 6.61 Å². The molecule has 1 aromatic carbocycles. The topological polar surface area (TPSA) is 60.5 Å². The molecule has 0 fully saturated rings. The van der Waals surface area contributed by atoms with E-state index in [0.29, 0.717) is 24.5 Å². The van der Waals surface area contributed by atoms with Gasteiger partial charge in [-0.3, -0.25) is 9.78 Å². The van der Waals surface area contributed by atoms with Crippen LogP contribution < -0.4 is 14.8 Å². The van der Waals surface area contributed by atoms with Gasteiger partial charge in [0.1, 0.15) is 18.1 Å². The summed E-state index contributed by atoms with van der Waals surface area (Å²) in [7, 11) is 1.59. The van der Waals surface area contributed by atoms with E-state index in [1.54, 1.807) is 31.4 Å². The lowest BCUT2D eigenvalue weighted by molar-refractivity contribution is 0.0958. The summed E-state index contributed by atoms with van der Waals surface area (Å²) in [5, 5.41) is 2.59. The van der Waals surface area contributed by atoms with Crippen LogP contribution in [0.1, 0.15) is 23.0 Å². The van der Waals surface area contributed by atoms with Gasteiger partial charge in [0, 0.05) is 7.05 Å². The summed E-state index contributed by atoms with van der Waals surface area (Å²) in [6.07, 6.45) is 1.66. The van der Waals surface area contributed by atoms with Crippen molar-refractivity contribution in [2.45, 2.75) is 13.5 Å². The average molecular weight is 286 g/mol. The fraction of sp³-hybridized carbons (Fsp3) is 0.250. The third kappa shape index (κ3) is 3.95. The summed E-state index contributed by atoms with van der Waals surface area (Å²) in [5.41, 5.74) is 1.27. The molecule has 1 amide bonds. The molecule has 2 aromatic rings. The highest BCUT2D eigenvalue weighted by Crippen LogP contribution is 2.19. The van der Waals surface area contributed by atoms with Crippen molar-refractivity contribution in [1.29, 1.82) is 0 Å². The highest BCUT2D eigenvalue weighted by molar-refractivity contribution is 5.96. The van der Waals surface area contributed by atoms with Gasteiger partial charge in [-0.15, -0.1) is 0 Å². The molecule has 2 rings (SSSR count). The van der Waals surface area contributed by atoms with Crippen molar-refractivity contribution >= 4 is 5.91 Å². The lowest BCUT2D eigenvalue weighted by Crippen LogP contribution is -2.18. The van der Waals surface area contributed by atoms with Crippen molar-refractivity contribution in [3.8, 4) is 11.5 Å². The molecule has 0 aliphatic rings. The van der Waals surface area contributed by atoms with E-state index in [1.807, 2.05) is 25.1 Å². The zero-order chi connectivity index (χ0) is 15.1. The maximum Gasteiger partial charge on any atom is 0.254 e. The summed E-state index contributed by atoms with van der Waals surface area (Å²) in [4.78, 5) is 16.0. The molecule has 21 heavy (non-hydrogen) atoms. The number of rotatable bonds is 6. The van der Waals surface area contributed by atoms with Crippen LogP contribution in [0.3, 0.4) is 0 Å². The molecule has 1 heterocycles. The van der Waals surface area contributed by atoms with E-state index in [2.05, 4.69) is 10.3 Å². The standard InChI is InChI=1S/C16H18N2O3/c1-3-20-13-9-8-12(18-10-13)11-21-15-7-5-4-6-14(15)16(19)17-2/h4-10H,3,11H2,1-2H3,(H,17,19). The summed E-state index contributed by atoms with van der Waals surface area (Å²) < 4.78 is 11.0. The van der Waals surface area contributed by atoms with Crippen LogP contribution in [0.2, 0.25) is 0 Å². The number of carbonyl (C=O) groups excluding carboxylic acids is 1. The maximum absolute atomic E-state index is 11.7. The number of para-hydroxylation sites is 1. The number of nitrogens with zero attached hydrogens (tertiary/aromatic N) is 1. The van der Waals surface area contributed by atoms with Crippen molar-refractivity contribution in [3.05, 3.63) is 53.9 Å². The molecular weight excluding hydrogens is 268 g/mol. The normalized spacial score (nSPS) is 10.0. The molecule has 0 saturated heterocycles. The monoisotopic (exact) mass is 286 g/mol. The molecule has 0 saturated carbocycles. The van der Waals surface area contributed by atoms with Gasteiger partial charge in [-0.1, -0.05) is 12.1 Å². The molecule has 0 aliphatic heterocycles. The lowest BCUT2D eigenvalue weighted by atomic mass is 10.2. The van der Waals surface area contributed by atoms with Gasteiger partial charge < -0.3 is 14.8 Å². The minimum Gasteiger partial charge on any atom is -0.492 e. The van der Waals surface area contributed by atoms with E-state index < -0.39 is 0 Å². The first-order valence-electron chi connectivity index (χ1n) is 6.76. The molecule has 0 bridgehead atoms. The average Bonchev–Trinajstić information content (AvgIpc) is 2.54. The molecular formula is C16H18N2O3. The Bertz CT molecular complexity index is 597. The highest BCUT2D eigenvalue weighted by atomic mass is 16.5. The molecule has 0 atom stereocenters. The maximum atomic E-state index is 11.7. The SMILES string of the molecule is CCOc1ccc(COc2ccccc2C(=O)NC)nc1. The van der Waals surface area contributed by atoms with Gasteiger partial charge in [0.25, 0.3) is 5.91 Å². The van der Waals surface area contributed by atoms with Crippen molar-refractivity contribution in [2.75, 3.05) is 13.7 Å². The summed E-state index contributed by atoms with van der Waals surface area (Å²) in [5.74, 6) is 1.09. The molecule has 1 N–H and O–H groups in total. The molecule has 0 radical (unpaired) electrons. The number of amides is 1. The van der Waals surface area contributed by atoms with Crippen LogP contribution in [0.4, 0.5) is 0 Å². The van der Waals surface area contributed by atoms with Gasteiger partial charge >= 0.3 is 0 Å². The Morgan fingerprint density at radius 2 is 2.00 bits per heavy atom. The number of hydrogen-bond donors (Lipinski definition) is 1. The summed E-state index contributed by atoms with van der Waals surface area (Å²) in [6.45, 7) is 2.82. The molecule has 1 aromatic heterocycles. The van der Waals surface area contributed by atoms with Crippen LogP contribution in [0.5, 0.6) is 11.5 Å². The molecule has 110 valence electrons. The summed E-state index contributed by atoms with van der Waals surface area (Å²) in [6, 6.07) is 10.8. The van der Waals surface area contributed by atoms with E-state index in [4.69, 9.17) is 9.47 Å². The number of pyridine rings is 1. The predicted molar refractivity (Wildman–Crippen MR) is 79.6 cm³/mol. The fourth-order valence-corrected chi connectivity index (χ4v) is 1.81. The van der Waals surface area contributed by atoms with E-state index in [0.717, 1.165) is 11.4 Å². The second-order valence-corrected chi connectivity index (χ2v) is 4.28. The largest absolute Gasteiger partial charge is 0.492 e. The van der Waals surface area contributed by atoms with E-state index in [-0.39, 0.29) is 5.91 Å². The van der Waals surface area contributed by atoms with Crippen molar-refractivity contribution < 1.29 is 14.3 Å². The smallest absolute Gasteiger partial charge is 0.254 e. The zero-order valence-corrected chi connectivity index (χ0v) is 12.1. The number of hydrogen-bond acceptors (Lipinski definition) is 4. The predicted octanol–water partition coefficient (Wildman–Crippen LogP) is 2.42. The van der Waals surface area contributed by atoms with Gasteiger partial charge in [0.15, 0.2) is 0 Å². The summed E-state index contributed by atoms with van der Waals surface area (Å²) >= 11 is 0. The quantitative estimate of drug-likeness (QED) is 0.886. The van der Waals surface area contributed by atoms with Crippen LogP contribution in [0.25, 0.3) is 0 Å². The Hall–Kier alpha value is -2.56. The Morgan fingerprint density at radius 3 is 2.67 bits per heavy atom. The second kappa shape index (κ2) is 7.28. The molecule has 0 unspecified atom stereocenters. The van der Waals surface area contributed by atoms with Crippen LogP contribution in [0.15, 0.2) is 42.6 Å². The lowest BCUT2D eigenvalue weighted by Gasteiger charge is -2.10. The molecule has 0 aliphatic carbocycles. The molecule has 0 spiro atoms. The first-order valence-corrected chi connectivity index (χ1v) is 6.76. The van der Waals surface area contributed by atoms with Gasteiger partial charge in [0.05, 0.1) is 24.1 Å². The number of carbonyl (C=O) groups is 1. The van der Waals surface area contributed by atoms with Gasteiger partial charge in [-0.25, -0.2) is 0 Å². The Balaban J connectivity index is 2.04. The van der Waals surface area contributed by atoms with Gasteiger partial charge in [-0.05, 0) is 31.2 Å². The van der Waals surface area contributed by atoms with E-state index in [1.165, 1.54) is 0 Å². The number of benzene rings is 1. The van der Waals surface area contributed by atoms with Crippen molar-refractivity contribution in [1.82, 2.24) is 10.3 Å². The first-order chi connectivity index (χ1) is 10.2. The van der Waals surface area contributed by atoms with Crippen LogP contribution in [0, 0.1) is 0 Å². The highest BCUT2D eigenvalue weighted by Gasteiger charge is 2.10. The Labute approximate surface area is 123 Å². The van der Waals surface area contributed by atoms with Gasteiger partial charge in [0.2, 0.25) is 0 Å². The van der Waals surface area contributed by atoms with Crippen LogP contribution in [-0.4, -0.2) is 24.5 Å². The van der Waals surface area contributed by atoms with Crippen molar-refractivity contribution in [2.24, 2.45) is 0 Å². The Kier molecular flexibility index (Phi) is 5.15. The fourth-order valence-electron chi connectivity index (χ4n) is 1.81. The van der Waals surface area contributed by atoms with Gasteiger partial charge in [-0.2, -0.15) is 0 Å². The molecule has 5 heteroatoms. The number of nitrogens with one attached hydrogen (secondary N) is 1. The van der Waals surface area contributed by atoms with Crippen molar-refractivity contribution in [3.63, 3.8) is 0 Å². The third-order valence-corrected chi connectivity index (χ3v) is 2.84. The second-order valence-electron chi connectivity index (χ2n) is 4.28. The minimum atomic E-state index is -0.176. The van der Waals surface area contributed by atoms with Crippen LogP contribution >= 0.6 is 0 Å². The molecule has 5 nitrogen and oxygen atoms in total. The zero-order valence-electron chi connectivity index (χ0n) is 12.1. The minimum absolute atomic E-state index is 0.176. The number of ether oxygens (including phenoxy) is 2. The Morgan fingerprint density at radius 1 is 1.19 bits per heavy atom. The third-order valence-electron chi connectivity index (χ3n) is 2.84. The number of aromatic nitrogens is 1. The van der Waals surface area contributed by atoms with E-state index in [9.17, 15) is 4.79 Å². The first kappa shape index (κ1) is 14.8. The van der Waals surface area contributed by atoms with E-state index >= 15 is 0 Å².